The van der Waals surface area contributed by atoms with Crippen LogP contribution in [-0.2, 0) is 0 Å². The van der Waals surface area contributed by atoms with Gasteiger partial charge in [-0.1, -0.05) is 30.3 Å². The van der Waals surface area contributed by atoms with Crippen molar-refractivity contribution in [2.75, 3.05) is 54.5 Å². The van der Waals surface area contributed by atoms with Gasteiger partial charge >= 0.3 is 6.09 Å². The first-order valence-corrected chi connectivity index (χ1v) is 15.4. The van der Waals surface area contributed by atoms with Crippen LogP contribution >= 0.6 is 23.2 Å². The molecule has 3 N–H and O–H groups in total. The number of carbonyl (C=O) groups excluding carboxylic acids is 2. The van der Waals surface area contributed by atoms with Crippen LogP contribution < -0.4 is 30.3 Å². The van der Waals surface area contributed by atoms with E-state index in [0.717, 1.165) is 33.2 Å². The zero-order valence-electron chi connectivity index (χ0n) is 25.1. The average molecular weight is 647 g/mol. The van der Waals surface area contributed by atoms with Crippen LogP contribution in [0.3, 0.4) is 0 Å². The minimum absolute atomic E-state index is 0.223. The Balaban J connectivity index is 1.44. The molecule has 0 atom stereocenters. The van der Waals surface area contributed by atoms with Crippen LogP contribution in [0.2, 0.25) is 0 Å². The second kappa shape index (κ2) is 14.4. The van der Waals surface area contributed by atoms with E-state index in [9.17, 15) is 9.59 Å². The summed E-state index contributed by atoms with van der Waals surface area (Å²) in [6.07, 6.45) is -0.678. The molecule has 0 saturated carbocycles. The highest BCUT2D eigenvalue weighted by Crippen LogP contribution is 2.37. The summed E-state index contributed by atoms with van der Waals surface area (Å²) < 4.78 is 11.1. The van der Waals surface area contributed by atoms with Crippen molar-refractivity contribution in [3.63, 3.8) is 0 Å². The van der Waals surface area contributed by atoms with E-state index < -0.39 is 6.09 Å². The van der Waals surface area contributed by atoms with Crippen molar-refractivity contribution in [2.45, 2.75) is 6.92 Å². The summed E-state index contributed by atoms with van der Waals surface area (Å²) in [4.78, 5) is 32.6. The number of hydrogen-bond donors (Lipinski definition) is 3. The quantitative estimate of drug-likeness (QED) is 0.0998. The summed E-state index contributed by atoms with van der Waals surface area (Å²) in [6.45, 7) is 3.29. The fourth-order valence-corrected chi connectivity index (χ4v) is 5.56. The fraction of sp³-hybridized carbons (Fsp3) is 0.206. The molecule has 232 valence electrons. The largest absolute Gasteiger partial charge is 0.495 e. The molecule has 0 radical (unpaired) electrons. The molecule has 1 heterocycles. The summed E-state index contributed by atoms with van der Waals surface area (Å²) in [7, 11) is 3.12. The minimum atomic E-state index is -0.678. The number of aromatic nitrogens is 1. The van der Waals surface area contributed by atoms with Crippen molar-refractivity contribution in [3.05, 3.63) is 90.0 Å². The molecule has 0 unspecified atom stereocenters. The summed E-state index contributed by atoms with van der Waals surface area (Å²) in [6, 6.07) is 24.0. The van der Waals surface area contributed by atoms with E-state index in [1.165, 1.54) is 7.11 Å². The van der Waals surface area contributed by atoms with E-state index in [-0.39, 0.29) is 5.91 Å². The number of alkyl halides is 2. The summed E-state index contributed by atoms with van der Waals surface area (Å²) >= 11 is 11.9. The zero-order chi connectivity index (χ0) is 31.9. The van der Waals surface area contributed by atoms with Gasteiger partial charge in [0.25, 0.3) is 5.91 Å². The lowest BCUT2D eigenvalue weighted by Crippen LogP contribution is -2.27. The molecule has 0 bridgehead atoms. The number of hydrogen-bond acceptors (Lipinski definition) is 7. The van der Waals surface area contributed by atoms with Gasteiger partial charge in [-0.05, 0) is 61.0 Å². The molecule has 0 aliphatic rings. The Labute approximate surface area is 271 Å². The van der Waals surface area contributed by atoms with E-state index in [0.29, 0.717) is 58.8 Å². The number of para-hydroxylation sites is 2. The fourth-order valence-electron chi connectivity index (χ4n) is 5.15. The minimum Gasteiger partial charge on any atom is -0.495 e. The Bertz CT molecular complexity index is 1840. The van der Waals surface area contributed by atoms with Crippen LogP contribution in [0.1, 0.15) is 15.9 Å². The van der Waals surface area contributed by atoms with Crippen molar-refractivity contribution < 1.29 is 19.1 Å². The molecule has 0 spiro atoms. The average Bonchev–Trinajstić information content (AvgIpc) is 3.05. The maximum Gasteiger partial charge on any atom is 0.417 e. The molecule has 0 saturated heterocycles. The van der Waals surface area contributed by atoms with Gasteiger partial charge in [0.1, 0.15) is 11.5 Å². The number of anilines is 4. The number of carbonyl (C=O) groups is 2. The molecular formula is C34H33Cl2N5O4. The molecule has 1 aromatic heterocycles. The highest BCUT2D eigenvalue weighted by molar-refractivity contribution is 6.18. The van der Waals surface area contributed by atoms with E-state index >= 15 is 0 Å². The molecule has 11 heteroatoms. The van der Waals surface area contributed by atoms with Crippen LogP contribution in [-0.4, -0.2) is 56.0 Å². The number of pyridine rings is 1. The Kier molecular flexibility index (Phi) is 10.1. The van der Waals surface area contributed by atoms with Crippen LogP contribution in [0.15, 0.2) is 78.9 Å². The predicted molar refractivity (Wildman–Crippen MR) is 183 cm³/mol. The van der Waals surface area contributed by atoms with Gasteiger partial charge in [-0.3, -0.25) is 10.1 Å². The number of ether oxygens (including phenoxy) is 2. The summed E-state index contributed by atoms with van der Waals surface area (Å²) in [5.41, 5.74) is 5.59. The molecule has 5 aromatic rings. The number of halogens is 2. The van der Waals surface area contributed by atoms with Crippen molar-refractivity contribution in [2.24, 2.45) is 0 Å². The van der Waals surface area contributed by atoms with Crippen LogP contribution in [0.4, 0.5) is 27.5 Å². The van der Waals surface area contributed by atoms with Gasteiger partial charge in [0.15, 0.2) is 0 Å². The summed E-state index contributed by atoms with van der Waals surface area (Å²) in [5.74, 6) is 1.54. The highest BCUT2D eigenvalue weighted by atomic mass is 35.5. The number of methoxy groups -OCH3 is 1. The maximum atomic E-state index is 13.0. The van der Waals surface area contributed by atoms with E-state index in [1.54, 1.807) is 37.4 Å². The van der Waals surface area contributed by atoms with Gasteiger partial charge in [0.05, 0.1) is 35.1 Å². The van der Waals surface area contributed by atoms with Crippen molar-refractivity contribution in [1.29, 1.82) is 0 Å². The first-order chi connectivity index (χ1) is 21.9. The third-order valence-electron chi connectivity index (χ3n) is 7.33. The third-order valence-corrected chi connectivity index (χ3v) is 7.67. The van der Waals surface area contributed by atoms with Gasteiger partial charge < -0.3 is 25.0 Å². The monoisotopic (exact) mass is 645 g/mol. The Morgan fingerprint density at radius 1 is 0.889 bits per heavy atom. The number of fused-ring (bicyclic) bond motifs is 2. The first kappa shape index (κ1) is 31.7. The Morgan fingerprint density at radius 3 is 2.24 bits per heavy atom. The SMILES string of the molecule is CNC(=O)c1cccc2c(Nc3ccc(OC)c(NC(=O)Oc4ccc(N(CCCl)CCCl)cc4)c3)c3cccc(C)c3nc12. The molecule has 5 rings (SSSR count). The van der Waals surface area contributed by atoms with Gasteiger partial charge in [-0.25, -0.2) is 9.78 Å². The number of benzene rings is 4. The van der Waals surface area contributed by atoms with Crippen LogP contribution in [0, 0.1) is 6.92 Å². The smallest absolute Gasteiger partial charge is 0.417 e. The van der Waals surface area contributed by atoms with Crippen molar-refractivity contribution >= 4 is 79.8 Å². The molecule has 45 heavy (non-hydrogen) atoms. The van der Waals surface area contributed by atoms with Gasteiger partial charge in [-0.2, -0.15) is 0 Å². The Hall–Kier alpha value is -4.73. The lowest BCUT2D eigenvalue weighted by atomic mass is 10.0. The third kappa shape index (κ3) is 7.00. The van der Waals surface area contributed by atoms with E-state index in [2.05, 4.69) is 20.9 Å². The number of nitrogens with zero attached hydrogens (tertiary/aromatic N) is 2. The lowest BCUT2D eigenvalue weighted by Gasteiger charge is -2.22. The van der Waals surface area contributed by atoms with Crippen LogP contribution in [0.25, 0.3) is 21.8 Å². The second-order valence-electron chi connectivity index (χ2n) is 10.2. The number of amides is 2. The molecular weight excluding hydrogens is 613 g/mol. The Morgan fingerprint density at radius 2 is 1.58 bits per heavy atom. The number of nitrogens with one attached hydrogen (secondary N) is 3. The van der Waals surface area contributed by atoms with Gasteiger partial charge in [0, 0.05) is 54.0 Å². The van der Waals surface area contributed by atoms with Crippen molar-refractivity contribution in [3.8, 4) is 11.5 Å². The van der Waals surface area contributed by atoms with E-state index in [1.807, 2.05) is 55.5 Å². The normalized spacial score (nSPS) is 10.9. The van der Waals surface area contributed by atoms with Crippen molar-refractivity contribution in [1.82, 2.24) is 10.3 Å². The highest BCUT2D eigenvalue weighted by Gasteiger charge is 2.18. The first-order valence-electron chi connectivity index (χ1n) is 14.3. The van der Waals surface area contributed by atoms with Gasteiger partial charge in [-0.15, -0.1) is 23.2 Å². The van der Waals surface area contributed by atoms with E-state index in [4.69, 9.17) is 37.7 Å². The summed E-state index contributed by atoms with van der Waals surface area (Å²) in [5, 5.41) is 10.7. The number of rotatable bonds is 11. The molecule has 0 aliphatic carbocycles. The molecule has 9 nitrogen and oxygen atoms in total. The molecule has 0 fully saturated rings. The van der Waals surface area contributed by atoms with Gasteiger partial charge in [0.2, 0.25) is 0 Å². The van der Waals surface area contributed by atoms with Crippen LogP contribution in [0.5, 0.6) is 11.5 Å². The lowest BCUT2D eigenvalue weighted by molar-refractivity contribution is 0.0964. The molecule has 2 amide bonds. The topological polar surface area (TPSA) is 105 Å². The standard InChI is InChI=1S/C34H33Cl2N5O4/c1-21-6-4-7-25-30(21)40-32-26(8-5-9-27(32)33(42)37-2)31(25)38-22-10-15-29(44-3)28(20-22)39-34(43)45-24-13-11-23(12-14-24)41(18-16-35)19-17-36/h4-15,20H,16-19H2,1-3H3,(H,37,42)(H,38,40)(H,39,43). The second-order valence-corrected chi connectivity index (χ2v) is 10.9. The predicted octanol–water partition coefficient (Wildman–Crippen LogP) is 7.70. The molecule has 4 aromatic carbocycles. The zero-order valence-corrected chi connectivity index (χ0v) is 26.6. The maximum absolute atomic E-state index is 13.0. The molecule has 0 aliphatic heterocycles. The number of aryl methyl sites for hydroxylation is 1.